The van der Waals surface area contributed by atoms with E-state index < -0.39 is 0 Å². The quantitative estimate of drug-likeness (QED) is 0.886. The van der Waals surface area contributed by atoms with Crippen molar-refractivity contribution < 1.29 is 4.79 Å². The second-order valence-corrected chi connectivity index (χ2v) is 5.94. The van der Waals surface area contributed by atoms with Crippen LogP contribution in [0.5, 0.6) is 0 Å². The topological polar surface area (TPSA) is 32.3 Å². The summed E-state index contributed by atoms with van der Waals surface area (Å²) in [6.45, 7) is 3.20. The third-order valence-electron chi connectivity index (χ3n) is 3.06. The smallest absolute Gasteiger partial charge is 0.234 e. The van der Waals surface area contributed by atoms with Gasteiger partial charge in [0.1, 0.15) is 0 Å². The van der Waals surface area contributed by atoms with Gasteiger partial charge in [0.2, 0.25) is 5.91 Å². The van der Waals surface area contributed by atoms with Gasteiger partial charge in [0.05, 0.1) is 12.6 Å². The molecule has 20 heavy (non-hydrogen) atoms. The van der Waals surface area contributed by atoms with Crippen LogP contribution in [0.3, 0.4) is 0 Å². The van der Waals surface area contributed by atoms with E-state index >= 15 is 0 Å². The van der Waals surface area contributed by atoms with Crippen LogP contribution in [0, 0.1) is 0 Å². The zero-order valence-corrected chi connectivity index (χ0v) is 12.7. The summed E-state index contributed by atoms with van der Waals surface area (Å²) in [5.41, 5.74) is 1.22. The molecule has 2 rings (SSSR count). The van der Waals surface area contributed by atoms with Crippen LogP contribution in [0.1, 0.15) is 23.4 Å². The molecule has 2 aromatic rings. The van der Waals surface area contributed by atoms with E-state index in [2.05, 4.69) is 17.4 Å². The summed E-state index contributed by atoms with van der Waals surface area (Å²) in [6.07, 6.45) is 0. The zero-order valence-electron chi connectivity index (χ0n) is 11.9. The minimum atomic E-state index is 0.0596. The summed E-state index contributed by atoms with van der Waals surface area (Å²) in [6, 6.07) is 14.3. The number of benzene rings is 1. The average molecular weight is 288 g/mol. The Morgan fingerprint density at radius 1 is 1.25 bits per heavy atom. The fourth-order valence-electron chi connectivity index (χ4n) is 2.09. The maximum absolute atomic E-state index is 12.0. The summed E-state index contributed by atoms with van der Waals surface area (Å²) in [7, 11) is 1.96. The number of nitrogens with zero attached hydrogens (tertiary/aromatic N) is 1. The van der Waals surface area contributed by atoms with Crippen molar-refractivity contribution in [2.75, 3.05) is 13.6 Å². The molecule has 0 bridgehead atoms. The van der Waals surface area contributed by atoms with Crippen LogP contribution in [-0.2, 0) is 11.3 Å². The molecule has 4 heteroatoms. The highest BCUT2D eigenvalue weighted by Crippen LogP contribution is 2.17. The number of amides is 1. The molecule has 0 saturated heterocycles. The highest BCUT2D eigenvalue weighted by molar-refractivity contribution is 7.10. The van der Waals surface area contributed by atoms with E-state index in [9.17, 15) is 4.79 Å². The first-order chi connectivity index (χ1) is 9.65. The average Bonchev–Trinajstić information content (AvgIpc) is 2.93. The summed E-state index contributed by atoms with van der Waals surface area (Å²) in [5.74, 6) is 0.0596. The van der Waals surface area contributed by atoms with Gasteiger partial charge < -0.3 is 5.32 Å². The van der Waals surface area contributed by atoms with Gasteiger partial charge in [0, 0.05) is 11.4 Å². The third kappa shape index (κ3) is 4.47. The number of hydrogen-bond acceptors (Lipinski definition) is 3. The Labute approximate surface area is 124 Å². The lowest BCUT2D eigenvalue weighted by molar-refractivity contribution is -0.122. The van der Waals surface area contributed by atoms with Gasteiger partial charge in [0.25, 0.3) is 0 Å². The minimum absolute atomic E-state index is 0.0596. The summed E-state index contributed by atoms with van der Waals surface area (Å²) < 4.78 is 0. The lowest BCUT2D eigenvalue weighted by Gasteiger charge is -2.18. The molecule has 0 aliphatic heterocycles. The van der Waals surface area contributed by atoms with E-state index in [1.807, 2.05) is 54.6 Å². The van der Waals surface area contributed by atoms with Gasteiger partial charge in [-0.1, -0.05) is 36.4 Å². The largest absolute Gasteiger partial charge is 0.348 e. The van der Waals surface area contributed by atoms with Crippen molar-refractivity contribution in [3.8, 4) is 0 Å². The Morgan fingerprint density at radius 2 is 2.00 bits per heavy atom. The molecule has 0 unspecified atom stereocenters. The number of nitrogens with one attached hydrogen (secondary N) is 1. The lowest BCUT2D eigenvalue weighted by atomic mass is 10.2. The molecular formula is C16H20N2OS. The molecule has 1 amide bonds. The minimum Gasteiger partial charge on any atom is -0.348 e. The fraction of sp³-hybridized carbons (Fsp3) is 0.312. The monoisotopic (exact) mass is 288 g/mol. The van der Waals surface area contributed by atoms with Crippen LogP contribution in [0.15, 0.2) is 47.8 Å². The first-order valence-electron chi connectivity index (χ1n) is 6.70. The molecule has 1 heterocycles. The van der Waals surface area contributed by atoms with Crippen LogP contribution in [0.2, 0.25) is 0 Å². The van der Waals surface area contributed by atoms with Crippen LogP contribution >= 0.6 is 11.3 Å². The van der Waals surface area contributed by atoms with E-state index in [0.29, 0.717) is 6.54 Å². The SMILES string of the molecule is C[C@@H](NC(=O)CN(C)Cc1ccccc1)c1cccs1. The molecule has 0 aliphatic carbocycles. The van der Waals surface area contributed by atoms with Gasteiger partial charge in [-0.15, -0.1) is 11.3 Å². The van der Waals surface area contributed by atoms with Crippen molar-refractivity contribution in [2.24, 2.45) is 0 Å². The highest BCUT2D eigenvalue weighted by Gasteiger charge is 2.12. The Kier molecular flexibility index (Phi) is 5.32. The number of likely N-dealkylation sites (N-methyl/N-ethyl adjacent to an activating group) is 1. The Morgan fingerprint density at radius 3 is 2.65 bits per heavy atom. The highest BCUT2D eigenvalue weighted by atomic mass is 32.1. The van der Waals surface area contributed by atoms with E-state index in [-0.39, 0.29) is 11.9 Å². The van der Waals surface area contributed by atoms with Gasteiger partial charge in [-0.3, -0.25) is 9.69 Å². The van der Waals surface area contributed by atoms with Gasteiger partial charge >= 0.3 is 0 Å². The Hall–Kier alpha value is -1.65. The molecule has 0 radical (unpaired) electrons. The first-order valence-corrected chi connectivity index (χ1v) is 7.58. The van der Waals surface area contributed by atoms with Crippen LogP contribution in [0.4, 0.5) is 0 Å². The fourth-order valence-corrected chi connectivity index (χ4v) is 2.83. The number of carbonyl (C=O) groups excluding carboxylic acids is 1. The van der Waals surface area contributed by atoms with Crippen LogP contribution in [0.25, 0.3) is 0 Å². The standard InChI is InChI=1S/C16H20N2OS/c1-13(15-9-6-10-20-15)17-16(19)12-18(2)11-14-7-4-3-5-8-14/h3-10,13H,11-12H2,1-2H3,(H,17,19)/t13-/m1/s1. The maximum Gasteiger partial charge on any atom is 0.234 e. The van der Waals surface area contributed by atoms with Crippen molar-refractivity contribution in [1.29, 1.82) is 0 Å². The van der Waals surface area contributed by atoms with Gasteiger partial charge in [0.15, 0.2) is 0 Å². The van der Waals surface area contributed by atoms with E-state index in [1.54, 1.807) is 11.3 Å². The number of carbonyl (C=O) groups is 1. The molecular weight excluding hydrogens is 268 g/mol. The lowest BCUT2D eigenvalue weighted by Crippen LogP contribution is -2.36. The molecule has 3 nitrogen and oxygen atoms in total. The predicted octanol–water partition coefficient (Wildman–Crippen LogP) is 3.06. The molecule has 1 aromatic carbocycles. The molecule has 1 atom stereocenters. The summed E-state index contributed by atoms with van der Waals surface area (Å²) in [5, 5.41) is 5.06. The van der Waals surface area contributed by atoms with Crippen molar-refractivity contribution >= 4 is 17.2 Å². The summed E-state index contributed by atoms with van der Waals surface area (Å²) in [4.78, 5) is 15.2. The van der Waals surface area contributed by atoms with Gasteiger partial charge in [-0.05, 0) is 31.0 Å². The second kappa shape index (κ2) is 7.22. The maximum atomic E-state index is 12.0. The number of hydrogen-bond donors (Lipinski definition) is 1. The molecule has 1 N–H and O–H groups in total. The predicted molar refractivity (Wildman–Crippen MR) is 83.7 cm³/mol. The van der Waals surface area contributed by atoms with Crippen LogP contribution < -0.4 is 5.32 Å². The first kappa shape index (κ1) is 14.8. The Bertz CT molecular complexity index is 525. The summed E-state index contributed by atoms with van der Waals surface area (Å²) >= 11 is 1.67. The molecule has 0 saturated carbocycles. The number of rotatable bonds is 6. The van der Waals surface area contributed by atoms with E-state index in [1.165, 1.54) is 10.4 Å². The van der Waals surface area contributed by atoms with Gasteiger partial charge in [-0.2, -0.15) is 0 Å². The van der Waals surface area contributed by atoms with Crippen molar-refractivity contribution in [1.82, 2.24) is 10.2 Å². The number of thiophene rings is 1. The van der Waals surface area contributed by atoms with Crippen molar-refractivity contribution in [3.05, 3.63) is 58.3 Å². The zero-order chi connectivity index (χ0) is 14.4. The third-order valence-corrected chi connectivity index (χ3v) is 4.11. The van der Waals surface area contributed by atoms with Crippen LogP contribution in [-0.4, -0.2) is 24.4 Å². The van der Waals surface area contributed by atoms with Crippen molar-refractivity contribution in [2.45, 2.75) is 19.5 Å². The molecule has 1 aromatic heterocycles. The molecule has 0 aliphatic rings. The molecule has 0 fully saturated rings. The Balaban J connectivity index is 1.79. The normalized spacial score (nSPS) is 12.3. The van der Waals surface area contributed by atoms with Crippen molar-refractivity contribution in [3.63, 3.8) is 0 Å². The van der Waals surface area contributed by atoms with Gasteiger partial charge in [-0.25, -0.2) is 0 Å². The van der Waals surface area contributed by atoms with E-state index in [4.69, 9.17) is 0 Å². The molecule has 106 valence electrons. The van der Waals surface area contributed by atoms with E-state index in [0.717, 1.165) is 6.54 Å². The molecule has 0 spiro atoms. The second-order valence-electron chi connectivity index (χ2n) is 4.96.